The molecule has 17 heavy (non-hydrogen) atoms. The molecule has 2 aromatic rings. The Morgan fingerprint density at radius 1 is 1.35 bits per heavy atom. The number of methoxy groups -OCH3 is 1. The van der Waals surface area contributed by atoms with Gasteiger partial charge in [0.05, 0.1) is 18.8 Å². The Labute approximate surface area is 102 Å². The molecule has 0 aliphatic heterocycles. The summed E-state index contributed by atoms with van der Waals surface area (Å²) in [5.41, 5.74) is 10.4. The van der Waals surface area contributed by atoms with Crippen LogP contribution in [0.5, 0.6) is 5.75 Å². The first kappa shape index (κ1) is 12.0. The van der Waals surface area contributed by atoms with Crippen LogP contribution in [0.2, 0.25) is 0 Å². The van der Waals surface area contributed by atoms with Crippen LogP contribution in [0.1, 0.15) is 23.6 Å². The number of rotatable bonds is 3. The van der Waals surface area contributed by atoms with Gasteiger partial charge in [0.25, 0.3) is 0 Å². The predicted molar refractivity (Wildman–Crippen MR) is 69.6 cm³/mol. The average Bonchev–Trinajstić information content (AvgIpc) is 2.74. The Morgan fingerprint density at radius 2 is 2.06 bits per heavy atom. The smallest absolute Gasteiger partial charge is 0.140 e. The first-order valence-corrected chi connectivity index (χ1v) is 5.85. The molecule has 92 valence electrons. The number of ether oxygens (including phenoxy) is 1. The number of furan rings is 1. The van der Waals surface area contributed by atoms with E-state index >= 15 is 0 Å². The Bertz CT molecular complexity index is 541. The monoisotopic (exact) mass is 233 g/mol. The van der Waals surface area contributed by atoms with Gasteiger partial charge >= 0.3 is 0 Å². The summed E-state index contributed by atoms with van der Waals surface area (Å²) in [5.74, 6) is 0.897. The molecule has 0 saturated carbocycles. The molecule has 0 spiro atoms. The fourth-order valence-electron chi connectivity index (χ4n) is 2.31. The van der Waals surface area contributed by atoms with Crippen LogP contribution in [0.15, 0.2) is 16.7 Å². The molecule has 2 rings (SSSR count). The molecular weight excluding hydrogens is 214 g/mol. The largest absolute Gasteiger partial charge is 0.496 e. The third-order valence-electron chi connectivity index (χ3n) is 3.27. The van der Waals surface area contributed by atoms with Gasteiger partial charge in [0.15, 0.2) is 0 Å². The van der Waals surface area contributed by atoms with E-state index in [9.17, 15) is 0 Å². The second-order valence-corrected chi connectivity index (χ2v) is 4.61. The van der Waals surface area contributed by atoms with Crippen LogP contribution in [0.4, 0.5) is 0 Å². The minimum absolute atomic E-state index is 0.117. The molecule has 1 heterocycles. The summed E-state index contributed by atoms with van der Waals surface area (Å²) in [5, 5.41) is 1.03. The molecule has 0 aliphatic rings. The van der Waals surface area contributed by atoms with Gasteiger partial charge in [-0.15, -0.1) is 0 Å². The number of nitrogens with two attached hydrogens (primary N) is 1. The van der Waals surface area contributed by atoms with Crippen molar-refractivity contribution >= 4 is 11.0 Å². The summed E-state index contributed by atoms with van der Waals surface area (Å²) in [6.07, 6.45) is 2.52. The van der Waals surface area contributed by atoms with Crippen molar-refractivity contribution in [2.24, 2.45) is 5.73 Å². The zero-order chi connectivity index (χ0) is 12.6. The van der Waals surface area contributed by atoms with Crippen molar-refractivity contribution in [2.45, 2.75) is 33.2 Å². The highest BCUT2D eigenvalue weighted by Crippen LogP contribution is 2.36. The molecule has 3 nitrogen and oxygen atoms in total. The van der Waals surface area contributed by atoms with Crippen LogP contribution in [0.25, 0.3) is 11.0 Å². The lowest BCUT2D eigenvalue weighted by atomic mass is 9.95. The van der Waals surface area contributed by atoms with E-state index in [4.69, 9.17) is 14.9 Å². The van der Waals surface area contributed by atoms with Gasteiger partial charge in [0.2, 0.25) is 0 Å². The highest BCUT2D eigenvalue weighted by atomic mass is 16.5. The molecule has 0 amide bonds. The van der Waals surface area contributed by atoms with Gasteiger partial charge in [-0.3, -0.25) is 0 Å². The average molecular weight is 233 g/mol. The quantitative estimate of drug-likeness (QED) is 0.886. The standard InChI is InChI=1S/C14H19NO2/c1-8(15)7-12-9(2)10(3)13-11(5-6-17-13)14(12)16-4/h5-6,8H,7,15H2,1-4H3. The van der Waals surface area contributed by atoms with Gasteiger partial charge < -0.3 is 14.9 Å². The number of hydrogen-bond acceptors (Lipinski definition) is 3. The molecule has 0 radical (unpaired) electrons. The SMILES string of the molecule is COc1c(CC(C)N)c(C)c(C)c2occc12. The van der Waals surface area contributed by atoms with Crippen molar-refractivity contribution < 1.29 is 9.15 Å². The van der Waals surface area contributed by atoms with Gasteiger partial charge in [-0.1, -0.05) is 0 Å². The molecule has 3 heteroatoms. The highest BCUT2D eigenvalue weighted by molar-refractivity contribution is 5.89. The van der Waals surface area contributed by atoms with Crippen LogP contribution in [-0.2, 0) is 6.42 Å². The number of fused-ring (bicyclic) bond motifs is 1. The Morgan fingerprint density at radius 3 is 2.65 bits per heavy atom. The number of benzene rings is 1. The third kappa shape index (κ3) is 1.91. The summed E-state index contributed by atoms with van der Waals surface area (Å²) in [6, 6.07) is 2.07. The van der Waals surface area contributed by atoms with Gasteiger partial charge in [0, 0.05) is 6.04 Å². The van der Waals surface area contributed by atoms with Crippen LogP contribution in [-0.4, -0.2) is 13.2 Å². The van der Waals surface area contributed by atoms with E-state index in [-0.39, 0.29) is 6.04 Å². The zero-order valence-electron chi connectivity index (χ0n) is 10.8. The van der Waals surface area contributed by atoms with Gasteiger partial charge in [-0.25, -0.2) is 0 Å². The predicted octanol–water partition coefficient (Wildman–Crippen LogP) is 2.95. The Balaban J connectivity index is 2.75. The van der Waals surface area contributed by atoms with E-state index in [1.807, 2.05) is 13.0 Å². The maximum Gasteiger partial charge on any atom is 0.140 e. The molecule has 1 aromatic heterocycles. The maximum atomic E-state index is 5.91. The van der Waals surface area contributed by atoms with Crippen LogP contribution in [0, 0.1) is 13.8 Å². The summed E-state index contributed by atoms with van der Waals surface area (Å²) in [4.78, 5) is 0. The topological polar surface area (TPSA) is 48.4 Å². The lowest BCUT2D eigenvalue weighted by molar-refractivity contribution is 0.412. The lowest BCUT2D eigenvalue weighted by Crippen LogP contribution is -2.19. The molecule has 0 bridgehead atoms. The van der Waals surface area contributed by atoms with Crippen molar-refractivity contribution in [1.82, 2.24) is 0 Å². The molecule has 1 aromatic carbocycles. The van der Waals surface area contributed by atoms with Crippen LogP contribution >= 0.6 is 0 Å². The van der Waals surface area contributed by atoms with Crippen molar-refractivity contribution in [1.29, 1.82) is 0 Å². The Kier molecular flexibility index (Phi) is 3.11. The van der Waals surface area contributed by atoms with E-state index in [0.717, 1.165) is 23.1 Å². The van der Waals surface area contributed by atoms with Crippen LogP contribution in [0.3, 0.4) is 0 Å². The molecule has 2 N–H and O–H groups in total. The summed E-state index contributed by atoms with van der Waals surface area (Å²) in [7, 11) is 1.70. The van der Waals surface area contributed by atoms with Crippen molar-refractivity contribution in [3.63, 3.8) is 0 Å². The van der Waals surface area contributed by atoms with Gasteiger partial charge in [-0.05, 0) is 49.9 Å². The first-order valence-electron chi connectivity index (χ1n) is 5.85. The first-order chi connectivity index (χ1) is 8.06. The summed E-state index contributed by atoms with van der Waals surface area (Å²) < 4.78 is 11.1. The number of aryl methyl sites for hydroxylation is 1. The van der Waals surface area contributed by atoms with E-state index in [0.29, 0.717) is 0 Å². The van der Waals surface area contributed by atoms with Crippen molar-refractivity contribution in [3.05, 3.63) is 29.0 Å². The number of hydrogen-bond donors (Lipinski definition) is 1. The fraction of sp³-hybridized carbons (Fsp3) is 0.429. The van der Waals surface area contributed by atoms with Gasteiger partial charge in [-0.2, -0.15) is 0 Å². The molecule has 1 unspecified atom stereocenters. The molecular formula is C14H19NO2. The minimum Gasteiger partial charge on any atom is -0.496 e. The molecule has 0 fully saturated rings. The lowest BCUT2D eigenvalue weighted by Gasteiger charge is -2.16. The molecule has 1 atom stereocenters. The van der Waals surface area contributed by atoms with E-state index in [2.05, 4.69) is 13.8 Å². The van der Waals surface area contributed by atoms with Crippen molar-refractivity contribution in [3.8, 4) is 5.75 Å². The normalized spacial score (nSPS) is 13.0. The van der Waals surface area contributed by atoms with E-state index in [1.54, 1.807) is 13.4 Å². The highest BCUT2D eigenvalue weighted by Gasteiger charge is 2.18. The van der Waals surface area contributed by atoms with Crippen molar-refractivity contribution in [2.75, 3.05) is 7.11 Å². The zero-order valence-corrected chi connectivity index (χ0v) is 10.8. The van der Waals surface area contributed by atoms with E-state index < -0.39 is 0 Å². The Hall–Kier alpha value is -1.48. The molecule has 0 aliphatic carbocycles. The molecule has 0 saturated heterocycles. The maximum absolute atomic E-state index is 5.91. The van der Waals surface area contributed by atoms with Gasteiger partial charge in [0.1, 0.15) is 11.3 Å². The summed E-state index contributed by atoms with van der Waals surface area (Å²) in [6.45, 7) is 6.18. The minimum atomic E-state index is 0.117. The second-order valence-electron chi connectivity index (χ2n) is 4.61. The third-order valence-corrected chi connectivity index (χ3v) is 3.27. The summed E-state index contributed by atoms with van der Waals surface area (Å²) >= 11 is 0. The van der Waals surface area contributed by atoms with E-state index in [1.165, 1.54) is 16.7 Å². The van der Waals surface area contributed by atoms with Crippen LogP contribution < -0.4 is 10.5 Å². The fourth-order valence-corrected chi connectivity index (χ4v) is 2.31. The second kappa shape index (κ2) is 4.41.